The number of para-hydroxylation sites is 1. The predicted octanol–water partition coefficient (Wildman–Crippen LogP) is 3.25. The van der Waals surface area contributed by atoms with Crippen LogP contribution in [0.3, 0.4) is 0 Å². The fourth-order valence-electron chi connectivity index (χ4n) is 2.54. The highest BCUT2D eigenvalue weighted by molar-refractivity contribution is 9.10. The molecule has 0 saturated carbocycles. The minimum absolute atomic E-state index is 0.0805. The van der Waals surface area contributed by atoms with E-state index in [1.54, 1.807) is 30.3 Å². The molecule has 0 saturated heterocycles. The van der Waals surface area contributed by atoms with Gasteiger partial charge in [0.1, 0.15) is 0 Å². The molecule has 0 atom stereocenters. The molecule has 0 aliphatic carbocycles. The number of aromatic nitrogens is 2. The van der Waals surface area contributed by atoms with Crippen LogP contribution in [-0.4, -0.2) is 33.8 Å². The highest BCUT2D eigenvalue weighted by Crippen LogP contribution is 2.23. The molecule has 3 rings (SSSR count). The summed E-state index contributed by atoms with van der Waals surface area (Å²) in [5.74, 6) is -0.579. The normalized spacial score (nSPS) is 10.5. The van der Waals surface area contributed by atoms with Gasteiger partial charge in [0, 0.05) is 11.0 Å². The molecule has 0 aliphatic heterocycles. The molecular weight excluding hydrogens is 456 g/mol. The van der Waals surface area contributed by atoms with E-state index in [1.807, 2.05) is 18.2 Å². The number of benzene rings is 2. The molecule has 148 valence electrons. The van der Waals surface area contributed by atoms with Gasteiger partial charge < -0.3 is 5.32 Å². The lowest BCUT2D eigenvalue weighted by Crippen LogP contribution is -2.40. The predicted molar refractivity (Wildman–Crippen MR) is 118 cm³/mol. The lowest BCUT2D eigenvalue weighted by Gasteiger charge is -2.13. The molecule has 1 aromatic heterocycles. The molecule has 0 fully saturated rings. The van der Waals surface area contributed by atoms with Crippen molar-refractivity contribution in [3.8, 4) is 5.69 Å². The van der Waals surface area contributed by atoms with Crippen LogP contribution in [-0.2, 0) is 4.79 Å². The van der Waals surface area contributed by atoms with Crippen molar-refractivity contribution < 1.29 is 9.59 Å². The number of imide groups is 1. The van der Waals surface area contributed by atoms with E-state index in [0.717, 1.165) is 16.2 Å². The van der Waals surface area contributed by atoms with Gasteiger partial charge in [-0.1, -0.05) is 52.0 Å². The number of amides is 3. The Hall–Kier alpha value is -2.91. The molecule has 9 heteroatoms. The van der Waals surface area contributed by atoms with Gasteiger partial charge in [0.05, 0.1) is 22.3 Å². The number of hydrogen-bond donors (Lipinski definition) is 2. The van der Waals surface area contributed by atoms with Crippen LogP contribution in [0.15, 0.2) is 75.6 Å². The van der Waals surface area contributed by atoms with Gasteiger partial charge >= 0.3 is 6.03 Å². The Balaban J connectivity index is 1.93. The van der Waals surface area contributed by atoms with Gasteiger partial charge in [-0.2, -0.15) is 0 Å². The van der Waals surface area contributed by atoms with Gasteiger partial charge in [-0.3, -0.25) is 19.5 Å². The fourth-order valence-corrected chi connectivity index (χ4v) is 3.71. The van der Waals surface area contributed by atoms with E-state index < -0.39 is 11.9 Å². The molecule has 29 heavy (non-hydrogen) atoms. The second kappa shape index (κ2) is 9.53. The monoisotopic (exact) mass is 472 g/mol. The van der Waals surface area contributed by atoms with Crippen molar-refractivity contribution in [2.75, 3.05) is 12.3 Å². The summed E-state index contributed by atoms with van der Waals surface area (Å²) in [6.45, 7) is 3.74. The molecule has 1 heterocycles. The van der Waals surface area contributed by atoms with Gasteiger partial charge in [0.2, 0.25) is 5.91 Å². The summed E-state index contributed by atoms with van der Waals surface area (Å²) in [6, 6.07) is 13.7. The minimum Gasteiger partial charge on any atom is -0.334 e. The highest BCUT2D eigenvalue weighted by Gasteiger charge is 2.16. The number of fused-ring (bicyclic) bond motifs is 1. The van der Waals surface area contributed by atoms with Gasteiger partial charge in [0.25, 0.3) is 5.56 Å². The number of rotatable bonds is 6. The topological polar surface area (TPSA) is 93.1 Å². The first-order valence-corrected chi connectivity index (χ1v) is 10.4. The van der Waals surface area contributed by atoms with Crippen LogP contribution in [0.5, 0.6) is 0 Å². The van der Waals surface area contributed by atoms with E-state index in [1.165, 1.54) is 10.6 Å². The Morgan fingerprint density at radius 1 is 1.21 bits per heavy atom. The summed E-state index contributed by atoms with van der Waals surface area (Å²) >= 11 is 4.46. The first kappa shape index (κ1) is 20.8. The van der Waals surface area contributed by atoms with Crippen molar-refractivity contribution in [3.63, 3.8) is 0 Å². The number of nitrogens with one attached hydrogen (secondary N) is 2. The van der Waals surface area contributed by atoms with E-state index in [-0.39, 0.29) is 17.9 Å². The van der Waals surface area contributed by atoms with Gasteiger partial charge in [-0.05, 0) is 30.3 Å². The maximum absolute atomic E-state index is 13.2. The second-order valence-electron chi connectivity index (χ2n) is 5.87. The zero-order chi connectivity index (χ0) is 20.8. The van der Waals surface area contributed by atoms with E-state index >= 15 is 0 Å². The minimum atomic E-state index is -0.604. The van der Waals surface area contributed by atoms with E-state index in [4.69, 9.17) is 0 Å². The number of urea groups is 1. The van der Waals surface area contributed by atoms with Crippen molar-refractivity contribution >= 4 is 50.5 Å². The summed E-state index contributed by atoms with van der Waals surface area (Å²) in [4.78, 5) is 41.4. The lowest BCUT2D eigenvalue weighted by atomic mass is 10.2. The number of halogens is 1. The summed E-state index contributed by atoms with van der Waals surface area (Å²) < 4.78 is 2.23. The Morgan fingerprint density at radius 3 is 2.69 bits per heavy atom. The number of hydrogen-bond acceptors (Lipinski definition) is 5. The third-order valence-corrected chi connectivity index (χ3v) is 5.24. The average molecular weight is 473 g/mol. The number of carbonyl (C=O) groups is 2. The van der Waals surface area contributed by atoms with Crippen molar-refractivity contribution in [2.24, 2.45) is 0 Å². The van der Waals surface area contributed by atoms with E-state index in [0.29, 0.717) is 21.7 Å². The molecular formula is C20H17BrN4O3S. The van der Waals surface area contributed by atoms with Gasteiger partial charge in [-0.15, -0.1) is 6.58 Å². The highest BCUT2D eigenvalue weighted by atomic mass is 79.9. The number of nitrogens with zero attached hydrogens (tertiary/aromatic N) is 2. The molecule has 7 nitrogen and oxygen atoms in total. The quantitative estimate of drug-likeness (QED) is 0.326. The van der Waals surface area contributed by atoms with Gasteiger partial charge in [0.15, 0.2) is 5.16 Å². The zero-order valence-corrected chi connectivity index (χ0v) is 17.6. The van der Waals surface area contributed by atoms with Crippen LogP contribution in [0.2, 0.25) is 0 Å². The maximum atomic E-state index is 13.2. The third kappa shape index (κ3) is 5.12. The van der Waals surface area contributed by atoms with Crippen LogP contribution in [0.1, 0.15) is 0 Å². The summed E-state index contributed by atoms with van der Waals surface area (Å²) in [5, 5.41) is 5.51. The molecule has 0 unspecified atom stereocenters. The SMILES string of the molecule is C=CCNC(=O)NC(=O)CSc1nc2ccc(Br)cc2c(=O)n1-c1ccccc1. The summed E-state index contributed by atoms with van der Waals surface area (Å²) in [6.07, 6.45) is 1.51. The van der Waals surface area contributed by atoms with Crippen LogP contribution in [0.25, 0.3) is 16.6 Å². The van der Waals surface area contributed by atoms with Crippen molar-refractivity contribution in [1.29, 1.82) is 0 Å². The molecule has 3 amide bonds. The third-order valence-electron chi connectivity index (χ3n) is 3.81. The molecule has 3 aromatic rings. The molecule has 2 aromatic carbocycles. The standard InChI is InChI=1S/C20H17BrN4O3S/c1-2-10-22-19(28)24-17(26)12-29-20-23-16-9-8-13(21)11-15(16)18(27)25(20)14-6-4-3-5-7-14/h2-9,11H,1,10,12H2,(H2,22,24,26,28). The van der Waals surface area contributed by atoms with Crippen LogP contribution >= 0.6 is 27.7 Å². The van der Waals surface area contributed by atoms with Gasteiger partial charge in [-0.25, -0.2) is 9.78 Å². The average Bonchev–Trinajstić information content (AvgIpc) is 2.72. The maximum Gasteiger partial charge on any atom is 0.321 e. The number of thioether (sulfide) groups is 1. The van der Waals surface area contributed by atoms with Crippen molar-refractivity contribution in [2.45, 2.75) is 5.16 Å². The fraction of sp³-hybridized carbons (Fsp3) is 0.100. The summed E-state index contributed by atoms with van der Waals surface area (Å²) in [7, 11) is 0. The summed E-state index contributed by atoms with van der Waals surface area (Å²) in [5.41, 5.74) is 0.921. The molecule has 2 N–H and O–H groups in total. The van der Waals surface area contributed by atoms with E-state index in [2.05, 4.69) is 38.1 Å². The Morgan fingerprint density at radius 2 is 1.97 bits per heavy atom. The Kier molecular flexibility index (Phi) is 6.84. The molecule has 0 aliphatic rings. The van der Waals surface area contributed by atoms with Crippen LogP contribution in [0, 0.1) is 0 Å². The van der Waals surface area contributed by atoms with Crippen LogP contribution in [0.4, 0.5) is 4.79 Å². The smallest absolute Gasteiger partial charge is 0.321 e. The molecule has 0 spiro atoms. The zero-order valence-electron chi connectivity index (χ0n) is 15.2. The Bertz CT molecular complexity index is 1130. The largest absolute Gasteiger partial charge is 0.334 e. The first-order valence-electron chi connectivity index (χ1n) is 8.58. The Labute approximate surface area is 179 Å². The molecule has 0 bridgehead atoms. The van der Waals surface area contributed by atoms with Crippen molar-refractivity contribution in [3.05, 3.63) is 76.0 Å². The lowest BCUT2D eigenvalue weighted by molar-refractivity contribution is -0.117. The molecule has 0 radical (unpaired) electrons. The first-order chi connectivity index (χ1) is 14.0. The van der Waals surface area contributed by atoms with Crippen molar-refractivity contribution in [1.82, 2.24) is 20.2 Å². The second-order valence-corrected chi connectivity index (χ2v) is 7.73. The number of carbonyl (C=O) groups excluding carboxylic acids is 2. The van der Waals surface area contributed by atoms with E-state index in [9.17, 15) is 14.4 Å². The van der Waals surface area contributed by atoms with Crippen LogP contribution < -0.4 is 16.2 Å².